The summed E-state index contributed by atoms with van der Waals surface area (Å²) in [5.74, 6) is 5.19. The van der Waals surface area contributed by atoms with Gasteiger partial charge in [-0.25, -0.2) is 4.39 Å². The molecule has 0 amide bonds. The summed E-state index contributed by atoms with van der Waals surface area (Å²) in [6.07, 6.45) is 5.83. The molecule has 2 aromatic rings. The van der Waals surface area contributed by atoms with Crippen molar-refractivity contribution in [1.29, 1.82) is 0 Å². The van der Waals surface area contributed by atoms with Crippen molar-refractivity contribution in [2.45, 2.75) is 25.9 Å². The molecule has 1 aliphatic rings. The van der Waals surface area contributed by atoms with Crippen molar-refractivity contribution in [2.75, 3.05) is 18.5 Å². The Labute approximate surface area is 154 Å². The van der Waals surface area contributed by atoms with Gasteiger partial charge in [0.25, 0.3) is 0 Å². The van der Waals surface area contributed by atoms with E-state index in [0.29, 0.717) is 5.56 Å². The second-order valence-corrected chi connectivity index (χ2v) is 6.55. The average Bonchev–Trinajstić information content (AvgIpc) is 3.10. The number of nitrogens with two attached hydrogens (primary N) is 1. The standard InChI is InChI=1S/C21H25FN4/c1-4-17-16(13-25-23)11-15(21-14(2)7-5-8-18(21)22)12-19(17)26-10-6-9-20(26)24-3/h4-5,7-8,11-13,20,24H,1,6,9-10,23H2,2-3H3/b25-13-. The highest BCUT2D eigenvalue weighted by Gasteiger charge is 2.26. The zero-order chi connectivity index (χ0) is 18.7. The molecule has 5 heteroatoms. The maximum atomic E-state index is 14.6. The number of aryl methyl sites for hydroxylation is 1. The Morgan fingerprint density at radius 3 is 2.85 bits per heavy atom. The molecule has 0 aromatic heterocycles. The molecule has 136 valence electrons. The van der Waals surface area contributed by atoms with E-state index in [1.54, 1.807) is 12.3 Å². The Morgan fingerprint density at radius 1 is 1.38 bits per heavy atom. The highest BCUT2D eigenvalue weighted by molar-refractivity contribution is 5.93. The summed E-state index contributed by atoms with van der Waals surface area (Å²) in [6, 6.07) is 9.11. The van der Waals surface area contributed by atoms with Gasteiger partial charge in [0, 0.05) is 28.9 Å². The van der Waals surface area contributed by atoms with Crippen molar-refractivity contribution in [1.82, 2.24) is 5.32 Å². The summed E-state index contributed by atoms with van der Waals surface area (Å²) in [7, 11) is 1.96. The molecule has 0 spiro atoms. The molecule has 2 aromatic carbocycles. The molecule has 3 N–H and O–H groups in total. The number of hydrogen-bond donors (Lipinski definition) is 2. The van der Waals surface area contributed by atoms with Gasteiger partial charge in [-0.2, -0.15) is 5.10 Å². The molecule has 1 atom stereocenters. The van der Waals surface area contributed by atoms with Crippen LogP contribution >= 0.6 is 0 Å². The summed E-state index contributed by atoms with van der Waals surface area (Å²) < 4.78 is 14.6. The molecule has 1 unspecified atom stereocenters. The van der Waals surface area contributed by atoms with Crippen LogP contribution in [0.4, 0.5) is 10.1 Å². The highest BCUT2D eigenvalue weighted by Crippen LogP contribution is 2.36. The van der Waals surface area contributed by atoms with Crippen LogP contribution < -0.4 is 16.1 Å². The van der Waals surface area contributed by atoms with E-state index in [-0.39, 0.29) is 12.0 Å². The van der Waals surface area contributed by atoms with Crippen molar-refractivity contribution < 1.29 is 4.39 Å². The second kappa shape index (κ2) is 7.70. The van der Waals surface area contributed by atoms with Crippen LogP contribution in [0.2, 0.25) is 0 Å². The molecule has 4 nitrogen and oxygen atoms in total. The smallest absolute Gasteiger partial charge is 0.131 e. The first-order chi connectivity index (χ1) is 12.6. The van der Waals surface area contributed by atoms with Gasteiger partial charge in [-0.05, 0) is 56.1 Å². The van der Waals surface area contributed by atoms with Gasteiger partial charge < -0.3 is 16.1 Å². The van der Waals surface area contributed by atoms with E-state index in [4.69, 9.17) is 5.84 Å². The van der Waals surface area contributed by atoms with Gasteiger partial charge >= 0.3 is 0 Å². The van der Waals surface area contributed by atoms with Gasteiger partial charge in [0.15, 0.2) is 0 Å². The number of halogens is 1. The Balaban J connectivity index is 2.26. The lowest BCUT2D eigenvalue weighted by atomic mass is 9.94. The van der Waals surface area contributed by atoms with Crippen LogP contribution in [0, 0.1) is 12.7 Å². The van der Waals surface area contributed by atoms with E-state index in [2.05, 4.69) is 21.9 Å². The highest BCUT2D eigenvalue weighted by atomic mass is 19.1. The normalized spacial score (nSPS) is 17.2. The molecule has 1 aliphatic heterocycles. The third-order valence-electron chi connectivity index (χ3n) is 5.01. The third-order valence-corrected chi connectivity index (χ3v) is 5.01. The zero-order valence-corrected chi connectivity index (χ0v) is 15.3. The first kappa shape index (κ1) is 18.1. The van der Waals surface area contributed by atoms with Gasteiger partial charge in [0.05, 0.1) is 12.4 Å². The molecule has 3 rings (SSSR count). The maximum Gasteiger partial charge on any atom is 0.131 e. The van der Waals surface area contributed by atoms with Crippen molar-refractivity contribution >= 4 is 18.0 Å². The van der Waals surface area contributed by atoms with E-state index in [1.807, 2.05) is 38.2 Å². The monoisotopic (exact) mass is 352 g/mol. The van der Waals surface area contributed by atoms with Crippen LogP contribution in [0.15, 0.2) is 42.0 Å². The summed E-state index contributed by atoms with van der Waals surface area (Å²) in [4.78, 5) is 2.31. The lowest BCUT2D eigenvalue weighted by molar-refractivity contribution is 0.582. The fourth-order valence-corrected chi connectivity index (χ4v) is 3.80. The first-order valence-corrected chi connectivity index (χ1v) is 8.83. The van der Waals surface area contributed by atoms with Crippen LogP contribution in [-0.2, 0) is 0 Å². The molecular weight excluding hydrogens is 327 g/mol. The quantitative estimate of drug-likeness (QED) is 0.488. The molecule has 0 saturated carbocycles. The molecule has 1 saturated heterocycles. The fourth-order valence-electron chi connectivity index (χ4n) is 3.80. The van der Waals surface area contributed by atoms with Crippen molar-refractivity contribution in [3.05, 3.63) is 59.4 Å². The summed E-state index contributed by atoms with van der Waals surface area (Å²) in [5, 5.41) is 7.06. The zero-order valence-electron chi connectivity index (χ0n) is 15.3. The molecule has 1 heterocycles. The number of rotatable bonds is 5. The Bertz CT molecular complexity index is 824. The number of nitrogens with zero attached hydrogens (tertiary/aromatic N) is 2. The number of hydrazone groups is 1. The van der Waals surface area contributed by atoms with Crippen LogP contribution in [0.5, 0.6) is 0 Å². The van der Waals surface area contributed by atoms with Crippen molar-refractivity contribution in [3.63, 3.8) is 0 Å². The summed E-state index contributed by atoms with van der Waals surface area (Å²) in [5.41, 5.74) is 5.13. The second-order valence-electron chi connectivity index (χ2n) is 6.55. The summed E-state index contributed by atoms with van der Waals surface area (Å²) >= 11 is 0. The molecule has 26 heavy (non-hydrogen) atoms. The molecular formula is C21H25FN4. The predicted octanol–water partition coefficient (Wildman–Crippen LogP) is 3.88. The van der Waals surface area contributed by atoms with E-state index in [1.165, 1.54) is 6.07 Å². The van der Waals surface area contributed by atoms with E-state index in [0.717, 1.165) is 47.3 Å². The van der Waals surface area contributed by atoms with Gasteiger partial charge in [0.1, 0.15) is 5.82 Å². The van der Waals surface area contributed by atoms with E-state index in [9.17, 15) is 4.39 Å². The summed E-state index contributed by atoms with van der Waals surface area (Å²) in [6.45, 7) is 6.83. The minimum Gasteiger partial charge on any atom is -0.355 e. The van der Waals surface area contributed by atoms with Crippen LogP contribution in [0.3, 0.4) is 0 Å². The Hall–Kier alpha value is -2.66. The predicted molar refractivity (Wildman–Crippen MR) is 108 cm³/mol. The van der Waals surface area contributed by atoms with Crippen molar-refractivity contribution in [2.24, 2.45) is 10.9 Å². The lowest BCUT2D eigenvalue weighted by Gasteiger charge is -2.29. The topological polar surface area (TPSA) is 53.6 Å². The fraction of sp³-hybridized carbons (Fsp3) is 0.286. The largest absolute Gasteiger partial charge is 0.355 e. The minimum absolute atomic E-state index is 0.232. The van der Waals surface area contributed by atoms with Crippen LogP contribution in [-0.4, -0.2) is 26.0 Å². The molecule has 0 radical (unpaired) electrons. The lowest BCUT2D eigenvalue weighted by Crippen LogP contribution is -2.39. The van der Waals surface area contributed by atoms with E-state index >= 15 is 0 Å². The number of anilines is 1. The van der Waals surface area contributed by atoms with Crippen LogP contribution in [0.1, 0.15) is 29.5 Å². The van der Waals surface area contributed by atoms with Gasteiger partial charge in [-0.1, -0.05) is 24.8 Å². The third kappa shape index (κ3) is 3.22. The van der Waals surface area contributed by atoms with Gasteiger partial charge in [-0.3, -0.25) is 0 Å². The number of hydrogen-bond acceptors (Lipinski definition) is 4. The Kier molecular flexibility index (Phi) is 5.38. The minimum atomic E-state index is -0.232. The number of benzene rings is 2. The van der Waals surface area contributed by atoms with E-state index < -0.39 is 0 Å². The Morgan fingerprint density at radius 2 is 2.19 bits per heavy atom. The van der Waals surface area contributed by atoms with Gasteiger partial charge in [-0.15, -0.1) is 0 Å². The van der Waals surface area contributed by atoms with Crippen LogP contribution in [0.25, 0.3) is 17.2 Å². The maximum absolute atomic E-state index is 14.6. The first-order valence-electron chi connectivity index (χ1n) is 8.83. The van der Waals surface area contributed by atoms with Crippen molar-refractivity contribution in [3.8, 4) is 11.1 Å². The number of nitrogens with one attached hydrogen (secondary N) is 1. The molecule has 0 aliphatic carbocycles. The molecule has 0 bridgehead atoms. The molecule has 1 fully saturated rings. The SMILES string of the molecule is C=Cc1c(/C=N\N)cc(-c2c(C)cccc2F)cc1N1CCCC1NC. The van der Waals surface area contributed by atoms with Gasteiger partial charge in [0.2, 0.25) is 0 Å². The average molecular weight is 352 g/mol.